The molecular formula is C13H18N2O2. The van der Waals surface area contributed by atoms with E-state index in [9.17, 15) is 4.79 Å². The molecule has 4 heteroatoms. The van der Waals surface area contributed by atoms with Crippen LogP contribution in [0.3, 0.4) is 0 Å². The molecule has 4 nitrogen and oxygen atoms in total. The zero-order chi connectivity index (χ0) is 12.7. The third kappa shape index (κ3) is 5.17. The first-order valence-electron chi connectivity index (χ1n) is 5.50. The largest absolute Gasteiger partial charge is 0.494 e. The lowest BCUT2D eigenvalue weighted by Gasteiger charge is -2.08. The molecule has 0 aromatic heterocycles. The van der Waals surface area contributed by atoms with E-state index in [0.717, 1.165) is 11.3 Å². The molecule has 0 aliphatic carbocycles. The highest BCUT2D eigenvalue weighted by Gasteiger charge is 1.96. The van der Waals surface area contributed by atoms with E-state index < -0.39 is 0 Å². The number of ether oxygens (including phenoxy) is 1. The van der Waals surface area contributed by atoms with Crippen LogP contribution in [0.5, 0.6) is 5.75 Å². The van der Waals surface area contributed by atoms with Crippen molar-refractivity contribution in [3.05, 3.63) is 35.9 Å². The highest BCUT2D eigenvalue weighted by molar-refractivity contribution is 5.91. The Morgan fingerprint density at radius 3 is 2.53 bits per heavy atom. The van der Waals surface area contributed by atoms with Gasteiger partial charge in [0.25, 0.3) is 5.91 Å². The number of rotatable bonds is 5. The van der Waals surface area contributed by atoms with Crippen LogP contribution in [0.1, 0.15) is 12.5 Å². The molecule has 0 saturated carbocycles. The summed E-state index contributed by atoms with van der Waals surface area (Å²) in [5.74, 6) is 0.686. The maximum atomic E-state index is 11.3. The fourth-order valence-corrected chi connectivity index (χ4v) is 1.27. The van der Waals surface area contributed by atoms with Gasteiger partial charge in [-0.3, -0.25) is 10.2 Å². The zero-order valence-corrected chi connectivity index (χ0v) is 10.4. The van der Waals surface area contributed by atoms with Crippen molar-refractivity contribution < 1.29 is 9.53 Å². The predicted octanol–water partition coefficient (Wildman–Crippen LogP) is 1.69. The molecule has 1 aromatic carbocycles. The Labute approximate surface area is 102 Å². The maximum Gasteiger partial charge on any atom is 0.258 e. The van der Waals surface area contributed by atoms with Gasteiger partial charge in [-0.05, 0) is 30.7 Å². The molecular weight excluding hydrogens is 216 g/mol. The minimum atomic E-state index is -0.149. The fourth-order valence-electron chi connectivity index (χ4n) is 1.27. The van der Waals surface area contributed by atoms with E-state index in [1.807, 2.05) is 31.2 Å². The number of hydrazine groups is 1. The summed E-state index contributed by atoms with van der Waals surface area (Å²) < 4.78 is 5.33. The summed E-state index contributed by atoms with van der Waals surface area (Å²) in [6.45, 7) is 2.60. The smallest absolute Gasteiger partial charge is 0.258 e. The molecule has 0 unspecified atom stereocenters. The van der Waals surface area contributed by atoms with Crippen LogP contribution in [-0.2, 0) is 4.79 Å². The SMILES string of the molecule is CCOc1ccc(/C=C/C(=O)NN(C)C)cc1. The van der Waals surface area contributed by atoms with Crippen LogP contribution in [0.4, 0.5) is 0 Å². The highest BCUT2D eigenvalue weighted by Crippen LogP contribution is 2.12. The molecule has 0 fully saturated rings. The Morgan fingerprint density at radius 2 is 2.00 bits per heavy atom. The third-order valence-corrected chi connectivity index (χ3v) is 1.95. The molecule has 0 aliphatic heterocycles. The number of benzene rings is 1. The van der Waals surface area contributed by atoms with Gasteiger partial charge in [-0.15, -0.1) is 0 Å². The van der Waals surface area contributed by atoms with Crippen LogP contribution in [-0.4, -0.2) is 31.6 Å². The molecule has 92 valence electrons. The molecule has 0 atom stereocenters. The van der Waals surface area contributed by atoms with E-state index in [-0.39, 0.29) is 5.91 Å². The number of amides is 1. The Kier molecular flexibility index (Phi) is 5.23. The van der Waals surface area contributed by atoms with E-state index in [1.165, 1.54) is 6.08 Å². The van der Waals surface area contributed by atoms with Gasteiger partial charge in [-0.1, -0.05) is 12.1 Å². The van der Waals surface area contributed by atoms with Gasteiger partial charge in [0.15, 0.2) is 0 Å². The van der Waals surface area contributed by atoms with Crippen molar-refractivity contribution >= 4 is 12.0 Å². The third-order valence-electron chi connectivity index (χ3n) is 1.95. The summed E-state index contributed by atoms with van der Waals surface area (Å²) in [6.07, 6.45) is 3.25. The van der Waals surface area contributed by atoms with E-state index in [4.69, 9.17) is 4.74 Å². The molecule has 0 saturated heterocycles. The van der Waals surface area contributed by atoms with E-state index >= 15 is 0 Å². The van der Waals surface area contributed by atoms with Gasteiger partial charge >= 0.3 is 0 Å². The van der Waals surface area contributed by atoms with Gasteiger partial charge in [0.1, 0.15) is 5.75 Å². The Hall–Kier alpha value is -1.81. The zero-order valence-electron chi connectivity index (χ0n) is 10.4. The van der Waals surface area contributed by atoms with Gasteiger partial charge in [-0.25, -0.2) is 5.01 Å². The van der Waals surface area contributed by atoms with Crippen molar-refractivity contribution in [3.63, 3.8) is 0 Å². The maximum absolute atomic E-state index is 11.3. The van der Waals surface area contributed by atoms with Crippen LogP contribution in [0.15, 0.2) is 30.3 Å². The second-order valence-corrected chi connectivity index (χ2v) is 3.71. The van der Waals surface area contributed by atoms with Crippen molar-refractivity contribution in [1.82, 2.24) is 10.4 Å². The fraction of sp³-hybridized carbons (Fsp3) is 0.308. The lowest BCUT2D eigenvalue weighted by atomic mass is 10.2. The molecule has 1 aromatic rings. The van der Waals surface area contributed by atoms with Gasteiger partial charge in [-0.2, -0.15) is 0 Å². The number of nitrogens with zero attached hydrogens (tertiary/aromatic N) is 1. The van der Waals surface area contributed by atoms with Crippen LogP contribution in [0.25, 0.3) is 6.08 Å². The summed E-state index contributed by atoms with van der Waals surface area (Å²) in [7, 11) is 3.53. The summed E-state index contributed by atoms with van der Waals surface area (Å²) in [5.41, 5.74) is 3.59. The van der Waals surface area contributed by atoms with Gasteiger partial charge in [0.2, 0.25) is 0 Å². The standard InChI is InChI=1S/C13H18N2O2/c1-4-17-12-8-5-11(6-9-12)7-10-13(16)14-15(2)3/h5-10H,4H2,1-3H3,(H,14,16)/b10-7+. The quantitative estimate of drug-likeness (QED) is 0.622. The summed E-state index contributed by atoms with van der Waals surface area (Å²) >= 11 is 0. The lowest BCUT2D eigenvalue weighted by Crippen LogP contribution is -2.34. The number of hydrogen-bond donors (Lipinski definition) is 1. The minimum Gasteiger partial charge on any atom is -0.494 e. The topological polar surface area (TPSA) is 41.6 Å². The predicted molar refractivity (Wildman–Crippen MR) is 68.5 cm³/mol. The number of hydrogen-bond acceptors (Lipinski definition) is 3. The average Bonchev–Trinajstić information content (AvgIpc) is 2.28. The van der Waals surface area contributed by atoms with Crippen LogP contribution < -0.4 is 10.2 Å². The van der Waals surface area contributed by atoms with Crippen molar-refractivity contribution in [1.29, 1.82) is 0 Å². The molecule has 1 amide bonds. The van der Waals surface area contributed by atoms with Crippen molar-refractivity contribution in [2.24, 2.45) is 0 Å². The monoisotopic (exact) mass is 234 g/mol. The number of carbonyl (C=O) groups is 1. The van der Waals surface area contributed by atoms with Crippen LogP contribution in [0.2, 0.25) is 0 Å². The van der Waals surface area contributed by atoms with Crippen molar-refractivity contribution in [3.8, 4) is 5.75 Å². The number of nitrogens with one attached hydrogen (secondary N) is 1. The molecule has 0 aliphatic rings. The van der Waals surface area contributed by atoms with Crippen molar-refractivity contribution in [2.75, 3.05) is 20.7 Å². The Balaban J connectivity index is 2.56. The lowest BCUT2D eigenvalue weighted by molar-refractivity contribution is -0.119. The van der Waals surface area contributed by atoms with E-state index in [0.29, 0.717) is 6.61 Å². The minimum absolute atomic E-state index is 0.149. The second-order valence-electron chi connectivity index (χ2n) is 3.71. The normalized spacial score (nSPS) is 10.8. The molecule has 0 bridgehead atoms. The first kappa shape index (κ1) is 13.3. The molecule has 0 spiro atoms. The van der Waals surface area contributed by atoms with E-state index in [2.05, 4.69) is 5.43 Å². The molecule has 0 heterocycles. The Bertz CT molecular complexity index is 383. The molecule has 1 rings (SSSR count). The van der Waals surface area contributed by atoms with Gasteiger partial charge < -0.3 is 4.74 Å². The van der Waals surface area contributed by atoms with Gasteiger partial charge in [0.05, 0.1) is 6.61 Å². The first-order valence-corrected chi connectivity index (χ1v) is 5.50. The van der Waals surface area contributed by atoms with Gasteiger partial charge in [0, 0.05) is 20.2 Å². The first-order chi connectivity index (χ1) is 8.11. The summed E-state index contributed by atoms with van der Waals surface area (Å²) in [5, 5.41) is 1.60. The second kappa shape index (κ2) is 6.70. The van der Waals surface area contributed by atoms with Crippen LogP contribution in [0, 0.1) is 0 Å². The molecule has 0 radical (unpaired) electrons. The molecule has 1 N–H and O–H groups in total. The Morgan fingerprint density at radius 1 is 1.35 bits per heavy atom. The van der Waals surface area contributed by atoms with Crippen LogP contribution >= 0.6 is 0 Å². The highest BCUT2D eigenvalue weighted by atomic mass is 16.5. The average molecular weight is 234 g/mol. The summed E-state index contributed by atoms with van der Waals surface area (Å²) in [6, 6.07) is 7.58. The van der Waals surface area contributed by atoms with E-state index in [1.54, 1.807) is 25.2 Å². The molecule has 17 heavy (non-hydrogen) atoms. The summed E-state index contributed by atoms with van der Waals surface area (Å²) in [4.78, 5) is 11.3. The van der Waals surface area contributed by atoms with Crippen molar-refractivity contribution in [2.45, 2.75) is 6.92 Å². The number of carbonyl (C=O) groups excluding carboxylic acids is 1.